The van der Waals surface area contributed by atoms with E-state index in [2.05, 4.69) is 13.2 Å². The van der Waals surface area contributed by atoms with E-state index in [0.717, 1.165) is 5.57 Å². The van der Waals surface area contributed by atoms with Crippen LogP contribution in [-0.4, -0.2) is 11.2 Å². The molecule has 2 atom stereocenters. The van der Waals surface area contributed by atoms with Gasteiger partial charge in [-0.25, -0.2) is 0 Å². The monoisotopic (exact) mass is 126 g/mol. The van der Waals surface area contributed by atoms with Crippen molar-refractivity contribution in [2.24, 2.45) is 5.92 Å². The van der Waals surface area contributed by atoms with Crippen molar-refractivity contribution in [1.29, 1.82) is 0 Å². The van der Waals surface area contributed by atoms with Crippen molar-refractivity contribution >= 4 is 0 Å². The van der Waals surface area contributed by atoms with E-state index in [1.54, 1.807) is 6.08 Å². The van der Waals surface area contributed by atoms with Gasteiger partial charge in [0.05, 0.1) is 6.10 Å². The molecule has 0 aromatic heterocycles. The molecular weight excluding hydrogens is 112 g/mol. The molecule has 0 saturated carbocycles. The van der Waals surface area contributed by atoms with Gasteiger partial charge >= 0.3 is 0 Å². The maximum Gasteiger partial charge on any atom is 0.0804 e. The normalized spacial score (nSPS) is 16.3. The summed E-state index contributed by atoms with van der Waals surface area (Å²) in [5, 5.41) is 9.22. The van der Waals surface area contributed by atoms with Gasteiger partial charge in [-0.2, -0.15) is 0 Å². The van der Waals surface area contributed by atoms with Crippen LogP contribution in [-0.2, 0) is 0 Å². The summed E-state index contributed by atoms with van der Waals surface area (Å²) in [6.07, 6.45) is 1.29. The van der Waals surface area contributed by atoms with Crippen LogP contribution in [0.4, 0.5) is 0 Å². The molecular formula is C8H14O. The molecule has 0 amide bonds. The summed E-state index contributed by atoms with van der Waals surface area (Å²) in [5.41, 5.74) is 0.794. The molecule has 0 aliphatic rings. The smallest absolute Gasteiger partial charge is 0.0804 e. The van der Waals surface area contributed by atoms with Crippen molar-refractivity contribution in [2.45, 2.75) is 20.0 Å². The molecule has 1 N–H and O–H groups in total. The summed E-state index contributed by atoms with van der Waals surface area (Å²) in [7, 11) is 0. The Kier molecular flexibility index (Phi) is 3.25. The van der Waals surface area contributed by atoms with Crippen LogP contribution in [0.1, 0.15) is 13.8 Å². The molecule has 1 nitrogen and oxygen atoms in total. The van der Waals surface area contributed by atoms with Gasteiger partial charge in [0.2, 0.25) is 0 Å². The van der Waals surface area contributed by atoms with Gasteiger partial charge in [-0.1, -0.05) is 25.2 Å². The lowest BCUT2D eigenvalue weighted by molar-refractivity contribution is 0.174. The van der Waals surface area contributed by atoms with Crippen molar-refractivity contribution < 1.29 is 5.11 Å². The Morgan fingerprint density at radius 3 is 2.22 bits per heavy atom. The van der Waals surface area contributed by atoms with Gasteiger partial charge in [0.25, 0.3) is 0 Å². The fourth-order valence-corrected chi connectivity index (χ4v) is 0.578. The highest BCUT2D eigenvalue weighted by Gasteiger charge is 2.09. The van der Waals surface area contributed by atoms with Gasteiger partial charge in [-0.05, 0) is 6.92 Å². The van der Waals surface area contributed by atoms with Crippen LogP contribution in [0.5, 0.6) is 0 Å². The highest BCUT2D eigenvalue weighted by atomic mass is 16.3. The molecule has 0 bridgehead atoms. The standard InChI is InChI=1S/C8H14O/c1-5-7(4)8(9)6(2)3/h5,7-9H,1-2H2,3-4H3. The van der Waals surface area contributed by atoms with Gasteiger partial charge < -0.3 is 5.11 Å². The van der Waals surface area contributed by atoms with E-state index < -0.39 is 6.10 Å². The lowest BCUT2D eigenvalue weighted by Gasteiger charge is -2.13. The Morgan fingerprint density at radius 2 is 2.11 bits per heavy atom. The lowest BCUT2D eigenvalue weighted by Crippen LogP contribution is -2.15. The lowest BCUT2D eigenvalue weighted by atomic mass is 10.0. The third kappa shape index (κ3) is 2.47. The first kappa shape index (κ1) is 8.44. The maximum atomic E-state index is 9.22. The van der Waals surface area contributed by atoms with Crippen LogP contribution in [0.25, 0.3) is 0 Å². The van der Waals surface area contributed by atoms with E-state index in [4.69, 9.17) is 0 Å². The number of aliphatic hydroxyl groups is 1. The molecule has 0 aliphatic heterocycles. The van der Waals surface area contributed by atoms with Crippen molar-refractivity contribution in [3.05, 3.63) is 24.8 Å². The summed E-state index contributed by atoms with van der Waals surface area (Å²) in [4.78, 5) is 0. The number of hydrogen-bond acceptors (Lipinski definition) is 1. The van der Waals surface area contributed by atoms with E-state index in [1.807, 2.05) is 13.8 Å². The van der Waals surface area contributed by atoms with Gasteiger partial charge in [0.1, 0.15) is 0 Å². The predicted molar refractivity (Wildman–Crippen MR) is 40.2 cm³/mol. The fraction of sp³-hybridized carbons (Fsp3) is 0.500. The molecule has 2 unspecified atom stereocenters. The summed E-state index contributed by atoms with van der Waals surface area (Å²) in [6.45, 7) is 10.9. The van der Waals surface area contributed by atoms with Gasteiger partial charge in [0.15, 0.2) is 0 Å². The Bertz CT molecular complexity index is 116. The van der Waals surface area contributed by atoms with Crippen LogP contribution in [0.15, 0.2) is 24.8 Å². The molecule has 0 spiro atoms. The molecule has 0 aromatic carbocycles. The number of hydrogen-bond donors (Lipinski definition) is 1. The minimum Gasteiger partial charge on any atom is -0.388 e. The third-order valence-corrected chi connectivity index (χ3v) is 1.37. The molecule has 9 heavy (non-hydrogen) atoms. The van der Waals surface area contributed by atoms with Gasteiger partial charge in [-0.3, -0.25) is 0 Å². The summed E-state index contributed by atoms with van der Waals surface area (Å²) in [5.74, 6) is 0.113. The first-order valence-corrected chi connectivity index (χ1v) is 3.05. The first-order valence-electron chi connectivity index (χ1n) is 3.05. The Hall–Kier alpha value is -0.560. The SMILES string of the molecule is C=CC(C)C(O)C(=C)C. The number of rotatable bonds is 3. The highest BCUT2D eigenvalue weighted by Crippen LogP contribution is 2.10. The van der Waals surface area contributed by atoms with Crippen LogP contribution >= 0.6 is 0 Å². The first-order chi connectivity index (χ1) is 4.09. The Morgan fingerprint density at radius 1 is 1.67 bits per heavy atom. The second kappa shape index (κ2) is 3.46. The second-order valence-electron chi connectivity index (χ2n) is 2.39. The van der Waals surface area contributed by atoms with Crippen LogP contribution in [0.2, 0.25) is 0 Å². The zero-order chi connectivity index (χ0) is 7.44. The predicted octanol–water partition coefficient (Wildman–Crippen LogP) is 1.75. The molecule has 52 valence electrons. The third-order valence-electron chi connectivity index (χ3n) is 1.37. The summed E-state index contributed by atoms with van der Waals surface area (Å²) < 4.78 is 0. The Labute approximate surface area is 56.7 Å². The second-order valence-corrected chi connectivity index (χ2v) is 2.39. The molecule has 0 saturated heterocycles. The van der Waals surface area contributed by atoms with Crippen molar-refractivity contribution in [3.63, 3.8) is 0 Å². The highest BCUT2D eigenvalue weighted by molar-refractivity contribution is 5.02. The van der Waals surface area contributed by atoms with Crippen LogP contribution in [0, 0.1) is 5.92 Å². The summed E-state index contributed by atoms with van der Waals surface area (Å²) in [6, 6.07) is 0. The van der Waals surface area contributed by atoms with Crippen LogP contribution < -0.4 is 0 Å². The van der Waals surface area contributed by atoms with E-state index in [9.17, 15) is 5.11 Å². The van der Waals surface area contributed by atoms with Crippen molar-refractivity contribution in [2.75, 3.05) is 0 Å². The minimum absolute atomic E-state index is 0.113. The minimum atomic E-state index is -0.428. The quantitative estimate of drug-likeness (QED) is 0.571. The van der Waals surface area contributed by atoms with E-state index in [1.165, 1.54) is 0 Å². The maximum absolute atomic E-state index is 9.22. The molecule has 0 aliphatic carbocycles. The van der Waals surface area contributed by atoms with Crippen molar-refractivity contribution in [3.8, 4) is 0 Å². The molecule has 0 heterocycles. The fourth-order valence-electron chi connectivity index (χ4n) is 0.578. The summed E-state index contributed by atoms with van der Waals surface area (Å²) >= 11 is 0. The van der Waals surface area contributed by atoms with Gasteiger partial charge in [-0.15, -0.1) is 6.58 Å². The average Bonchev–Trinajstić information content (AvgIpc) is 1.84. The molecule has 0 fully saturated rings. The van der Waals surface area contributed by atoms with E-state index >= 15 is 0 Å². The largest absolute Gasteiger partial charge is 0.388 e. The zero-order valence-electron chi connectivity index (χ0n) is 6.09. The number of aliphatic hydroxyl groups excluding tert-OH is 1. The van der Waals surface area contributed by atoms with E-state index in [-0.39, 0.29) is 5.92 Å². The van der Waals surface area contributed by atoms with Crippen LogP contribution in [0.3, 0.4) is 0 Å². The molecule has 0 rings (SSSR count). The zero-order valence-corrected chi connectivity index (χ0v) is 6.09. The van der Waals surface area contributed by atoms with E-state index in [0.29, 0.717) is 0 Å². The van der Waals surface area contributed by atoms with Crippen molar-refractivity contribution in [1.82, 2.24) is 0 Å². The molecule has 0 radical (unpaired) electrons. The Balaban J connectivity index is 3.86. The average molecular weight is 126 g/mol. The topological polar surface area (TPSA) is 20.2 Å². The molecule has 0 aromatic rings. The van der Waals surface area contributed by atoms with Gasteiger partial charge in [0, 0.05) is 5.92 Å². The molecule has 1 heteroatoms.